The van der Waals surface area contributed by atoms with Crippen LogP contribution < -0.4 is 15.0 Å². The lowest BCUT2D eigenvalue weighted by Gasteiger charge is -2.13. The van der Waals surface area contributed by atoms with Gasteiger partial charge in [0.15, 0.2) is 23.9 Å². The zero-order valence-electron chi connectivity index (χ0n) is 19.0. The first-order chi connectivity index (χ1) is 17.6. The lowest BCUT2D eigenvalue weighted by molar-refractivity contribution is -0.139. The third kappa shape index (κ3) is 5.74. The van der Waals surface area contributed by atoms with Gasteiger partial charge in [0.2, 0.25) is 0 Å². The van der Waals surface area contributed by atoms with Gasteiger partial charge in [0.25, 0.3) is 5.56 Å². The summed E-state index contributed by atoms with van der Waals surface area (Å²) in [6.45, 7) is -0.571. The van der Waals surface area contributed by atoms with E-state index >= 15 is 0 Å². The van der Waals surface area contributed by atoms with Crippen molar-refractivity contribution in [3.8, 4) is 22.9 Å². The smallest absolute Gasteiger partial charge is 0.416 e. The Kier molecular flexibility index (Phi) is 7.47. The van der Waals surface area contributed by atoms with Crippen LogP contribution in [0.2, 0.25) is 0 Å². The molecule has 0 atom stereocenters. The van der Waals surface area contributed by atoms with E-state index in [9.17, 15) is 22.8 Å². The minimum absolute atomic E-state index is 0.0550. The Morgan fingerprint density at radius 1 is 1.16 bits per heavy atom. The Morgan fingerprint density at radius 2 is 1.92 bits per heavy atom. The van der Waals surface area contributed by atoms with Crippen molar-refractivity contribution in [2.45, 2.75) is 6.18 Å². The summed E-state index contributed by atoms with van der Waals surface area (Å²) < 4.78 is 52.1. The topological polar surface area (TPSA) is 103 Å². The summed E-state index contributed by atoms with van der Waals surface area (Å²) in [5.74, 6) is -0.781. The number of benzene rings is 3. The number of hydrogen-bond donors (Lipinski definition) is 1. The number of aliphatic carboxylic acids is 1. The molecule has 0 fully saturated rings. The molecule has 4 aromatic rings. The molecule has 190 valence electrons. The molecule has 37 heavy (non-hydrogen) atoms. The van der Waals surface area contributed by atoms with E-state index in [0.29, 0.717) is 14.7 Å². The van der Waals surface area contributed by atoms with E-state index in [1.54, 1.807) is 30.3 Å². The minimum Gasteiger partial charge on any atom is -0.493 e. The van der Waals surface area contributed by atoms with Crippen molar-refractivity contribution in [2.75, 3.05) is 13.7 Å². The van der Waals surface area contributed by atoms with Crippen LogP contribution in [0.4, 0.5) is 13.2 Å². The Labute approximate surface area is 221 Å². The van der Waals surface area contributed by atoms with Crippen molar-refractivity contribution in [1.29, 1.82) is 0 Å². The van der Waals surface area contributed by atoms with Gasteiger partial charge in [0, 0.05) is 5.56 Å². The SMILES string of the molecule is COc1cc(C=Nn2c(-c3cccc(C(F)(F)F)c3)nc3ccccc3c2=O)cc(I)c1OCC(=O)O. The predicted molar refractivity (Wildman–Crippen MR) is 138 cm³/mol. The average Bonchev–Trinajstić information content (AvgIpc) is 2.86. The zero-order valence-corrected chi connectivity index (χ0v) is 21.1. The van der Waals surface area contributed by atoms with Crippen LogP contribution in [-0.2, 0) is 11.0 Å². The molecule has 0 amide bonds. The number of fused-ring (bicyclic) bond motifs is 1. The molecule has 0 unspecified atom stereocenters. The molecule has 0 aliphatic heterocycles. The van der Waals surface area contributed by atoms with E-state index in [4.69, 9.17) is 14.6 Å². The maximum Gasteiger partial charge on any atom is 0.416 e. The summed E-state index contributed by atoms with van der Waals surface area (Å²) in [4.78, 5) is 28.6. The number of carboxylic acid groups (broad SMARTS) is 1. The quantitative estimate of drug-likeness (QED) is 0.229. The van der Waals surface area contributed by atoms with Crippen LogP contribution in [0.5, 0.6) is 11.5 Å². The van der Waals surface area contributed by atoms with E-state index in [-0.39, 0.29) is 28.3 Å². The van der Waals surface area contributed by atoms with Crippen LogP contribution in [0.25, 0.3) is 22.3 Å². The van der Waals surface area contributed by atoms with E-state index in [0.717, 1.165) is 16.8 Å². The summed E-state index contributed by atoms with van der Waals surface area (Å²) in [5, 5.41) is 13.4. The zero-order chi connectivity index (χ0) is 26.7. The molecule has 1 heterocycles. The van der Waals surface area contributed by atoms with E-state index in [2.05, 4.69) is 10.1 Å². The number of hydrogen-bond acceptors (Lipinski definition) is 6. The molecule has 1 aromatic heterocycles. The Hall–Kier alpha value is -3.94. The van der Waals surface area contributed by atoms with Crippen molar-refractivity contribution < 1.29 is 32.5 Å². The van der Waals surface area contributed by atoms with Crippen LogP contribution in [0, 0.1) is 3.57 Å². The first-order valence-electron chi connectivity index (χ1n) is 10.5. The highest BCUT2D eigenvalue weighted by molar-refractivity contribution is 14.1. The molecule has 0 saturated carbocycles. The van der Waals surface area contributed by atoms with Crippen LogP contribution in [0.3, 0.4) is 0 Å². The number of rotatable bonds is 7. The number of para-hydroxylation sites is 1. The van der Waals surface area contributed by atoms with Crippen molar-refractivity contribution in [2.24, 2.45) is 5.10 Å². The third-order valence-electron chi connectivity index (χ3n) is 5.12. The van der Waals surface area contributed by atoms with Gasteiger partial charge in [-0.1, -0.05) is 24.3 Å². The van der Waals surface area contributed by atoms with Gasteiger partial charge in [-0.2, -0.15) is 22.9 Å². The van der Waals surface area contributed by atoms with Crippen LogP contribution in [-0.4, -0.2) is 40.7 Å². The van der Waals surface area contributed by atoms with Crippen molar-refractivity contribution in [1.82, 2.24) is 9.66 Å². The number of alkyl halides is 3. The normalized spacial score (nSPS) is 11.7. The van der Waals surface area contributed by atoms with Gasteiger partial charge in [0.05, 0.1) is 33.4 Å². The predicted octanol–water partition coefficient (Wildman–Crippen LogP) is 5.04. The van der Waals surface area contributed by atoms with E-state index in [1.165, 1.54) is 31.5 Å². The van der Waals surface area contributed by atoms with Gasteiger partial charge < -0.3 is 14.6 Å². The molecule has 1 N–H and O–H groups in total. The van der Waals surface area contributed by atoms with Gasteiger partial charge in [-0.3, -0.25) is 4.79 Å². The molecular weight excluding hydrogens is 606 g/mol. The van der Waals surface area contributed by atoms with Crippen molar-refractivity contribution in [3.63, 3.8) is 0 Å². The second-order valence-electron chi connectivity index (χ2n) is 7.61. The fraction of sp³-hybridized carbons (Fsp3) is 0.120. The molecule has 0 bridgehead atoms. The molecule has 0 aliphatic rings. The fourth-order valence-corrected chi connectivity index (χ4v) is 4.25. The molecule has 0 saturated heterocycles. The highest BCUT2D eigenvalue weighted by Crippen LogP contribution is 2.34. The minimum atomic E-state index is -4.58. The van der Waals surface area contributed by atoms with Gasteiger partial charge in [-0.25, -0.2) is 9.78 Å². The number of nitrogens with zero attached hydrogens (tertiary/aromatic N) is 3. The van der Waals surface area contributed by atoms with E-state index < -0.39 is 29.9 Å². The summed E-state index contributed by atoms with van der Waals surface area (Å²) >= 11 is 1.93. The molecule has 0 spiro atoms. The molecule has 4 rings (SSSR count). The van der Waals surface area contributed by atoms with Gasteiger partial charge >= 0.3 is 12.1 Å². The highest BCUT2D eigenvalue weighted by Gasteiger charge is 2.31. The number of aromatic nitrogens is 2. The molecule has 0 radical (unpaired) electrons. The largest absolute Gasteiger partial charge is 0.493 e. The third-order valence-corrected chi connectivity index (χ3v) is 5.92. The number of ether oxygens (including phenoxy) is 2. The summed E-state index contributed by atoms with van der Waals surface area (Å²) in [6.07, 6.45) is -3.26. The summed E-state index contributed by atoms with van der Waals surface area (Å²) in [7, 11) is 1.38. The summed E-state index contributed by atoms with van der Waals surface area (Å²) in [5.41, 5.74) is -0.641. The molecule has 8 nitrogen and oxygen atoms in total. The molecular formula is C25H17F3IN3O5. The summed E-state index contributed by atoms with van der Waals surface area (Å²) in [6, 6.07) is 14.1. The van der Waals surface area contributed by atoms with Crippen LogP contribution in [0.15, 0.2) is 70.6 Å². The maximum absolute atomic E-state index is 13.4. The number of carboxylic acids is 1. The average molecular weight is 623 g/mol. The van der Waals surface area contributed by atoms with Gasteiger partial charge in [-0.05, 0) is 64.6 Å². The standard InChI is InChI=1S/C25H17F3IN3O5/c1-36-20-10-14(9-18(29)22(20)37-13-21(33)34)12-30-32-23(15-5-4-6-16(11-15)25(26,27)28)31-19-8-3-2-7-17(19)24(32)35/h2-12H,13H2,1H3,(H,33,34). The number of carbonyl (C=O) groups is 1. The maximum atomic E-state index is 13.4. The van der Waals surface area contributed by atoms with Gasteiger partial charge in [-0.15, -0.1) is 0 Å². The first kappa shape index (κ1) is 26.1. The van der Waals surface area contributed by atoms with E-state index in [1.807, 2.05) is 22.6 Å². The fourth-order valence-electron chi connectivity index (χ4n) is 3.46. The highest BCUT2D eigenvalue weighted by atomic mass is 127. The number of halogens is 4. The lowest BCUT2D eigenvalue weighted by Crippen LogP contribution is -2.20. The monoisotopic (exact) mass is 623 g/mol. The molecule has 0 aliphatic carbocycles. The van der Waals surface area contributed by atoms with Crippen LogP contribution >= 0.6 is 22.6 Å². The molecule has 3 aromatic carbocycles. The Bertz CT molecular complexity index is 1580. The first-order valence-corrected chi connectivity index (χ1v) is 11.6. The molecule has 12 heteroatoms. The lowest BCUT2D eigenvalue weighted by atomic mass is 10.1. The van der Waals surface area contributed by atoms with Crippen LogP contribution in [0.1, 0.15) is 11.1 Å². The van der Waals surface area contributed by atoms with Crippen molar-refractivity contribution >= 4 is 45.7 Å². The Balaban J connectivity index is 1.85. The van der Waals surface area contributed by atoms with Gasteiger partial charge in [0.1, 0.15) is 0 Å². The second-order valence-corrected chi connectivity index (χ2v) is 8.77. The van der Waals surface area contributed by atoms with Crippen molar-refractivity contribution in [3.05, 3.63) is 85.7 Å². The Morgan fingerprint density at radius 3 is 2.62 bits per heavy atom. The second kappa shape index (κ2) is 10.6. The number of methoxy groups -OCH3 is 1.